The molecular formula is C67H47NOS. The van der Waals surface area contributed by atoms with Crippen molar-refractivity contribution in [2.75, 3.05) is 4.90 Å². The lowest BCUT2D eigenvalue weighted by Gasteiger charge is -2.36. The van der Waals surface area contributed by atoms with Crippen molar-refractivity contribution in [1.82, 2.24) is 0 Å². The molecule has 0 amide bonds. The standard InChI is InChI=1S/C67H47NOS/c1-3-16-49(17-4-1)67(50-18-5-2-6-19-50)61-26-10-7-21-55(61)59-42-48(33-39-62(59)67)46-15-13-20-53(41-46)68(51-35-29-44(30-36-51)47-34-40-65-60(43-47)57-23-9-12-28-64(57)70-65)52-37-31-45(32-38-52)54-24-14-25-58-56-22-8-11-27-63(56)69-66(54)58/h1-29,31-41,43-44,48H,30,42H2. The molecule has 2 atom stereocenters. The van der Waals surface area contributed by atoms with Crippen LogP contribution in [0, 0.1) is 0 Å². The molecule has 11 aromatic rings. The molecule has 0 radical (unpaired) electrons. The van der Waals surface area contributed by atoms with Crippen molar-refractivity contribution >= 4 is 70.4 Å². The third-order valence-corrected chi connectivity index (χ3v) is 16.4. The number of hydrogen-bond donors (Lipinski definition) is 0. The number of rotatable bonds is 8. The van der Waals surface area contributed by atoms with Gasteiger partial charge in [-0.1, -0.05) is 194 Å². The molecule has 14 rings (SSSR count). The number of allylic oxidation sites excluding steroid dienone is 7. The highest BCUT2D eigenvalue weighted by molar-refractivity contribution is 7.25. The Balaban J connectivity index is 0.841. The van der Waals surface area contributed by atoms with Crippen LogP contribution in [0.4, 0.5) is 11.4 Å². The van der Waals surface area contributed by atoms with Crippen molar-refractivity contribution in [3.8, 4) is 11.1 Å². The lowest BCUT2D eigenvalue weighted by molar-refractivity contribution is 0.670. The molecule has 2 unspecified atom stereocenters. The number of fused-ring (bicyclic) bond motifs is 8. The van der Waals surface area contributed by atoms with Gasteiger partial charge in [-0.2, -0.15) is 0 Å². The van der Waals surface area contributed by atoms with Crippen LogP contribution in [0.1, 0.15) is 58.1 Å². The lowest BCUT2D eigenvalue weighted by atomic mass is 9.66. The van der Waals surface area contributed by atoms with E-state index in [4.69, 9.17) is 4.42 Å². The van der Waals surface area contributed by atoms with Crippen LogP contribution in [0.25, 0.3) is 58.8 Å². The van der Waals surface area contributed by atoms with Gasteiger partial charge in [-0.25, -0.2) is 0 Å². The van der Waals surface area contributed by atoms with Crippen molar-refractivity contribution < 1.29 is 4.42 Å². The van der Waals surface area contributed by atoms with Crippen LogP contribution in [-0.2, 0) is 5.41 Å². The van der Waals surface area contributed by atoms with Gasteiger partial charge in [0.2, 0.25) is 0 Å². The smallest absolute Gasteiger partial charge is 0.143 e. The van der Waals surface area contributed by atoms with Gasteiger partial charge >= 0.3 is 0 Å². The topological polar surface area (TPSA) is 16.4 Å². The van der Waals surface area contributed by atoms with Crippen LogP contribution in [0.2, 0.25) is 0 Å². The lowest BCUT2D eigenvalue weighted by Crippen LogP contribution is -2.29. The molecule has 0 fully saturated rings. The van der Waals surface area contributed by atoms with Crippen molar-refractivity contribution in [2.24, 2.45) is 0 Å². The summed E-state index contributed by atoms with van der Waals surface area (Å²) >= 11 is 1.88. The van der Waals surface area contributed by atoms with E-state index >= 15 is 0 Å². The highest BCUT2D eigenvalue weighted by atomic mass is 32.1. The van der Waals surface area contributed by atoms with Crippen LogP contribution in [0.3, 0.4) is 0 Å². The minimum atomic E-state index is -0.391. The van der Waals surface area contributed by atoms with E-state index < -0.39 is 5.41 Å². The number of para-hydroxylation sites is 2. The fourth-order valence-corrected chi connectivity index (χ4v) is 13.1. The van der Waals surface area contributed by atoms with E-state index in [1.807, 2.05) is 17.4 Å². The van der Waals surface area contributed by atoms with E-state index in [2.05, 4.69) is 248 Å². The Morgan fingerprint density at radius 2 is 1.16 bits per heavy atom. The maximum atomic E-state index is 6.50. The second-order valence-electron chi connectivity index (χ2n) is 19.0. The zero-order valence-electron chi connectivity index (χ0n) is 38.5. The number of nitrogens with zero attached hydrogens (tertiary/aromatic N) is 1. The fourth-order valence-electron chi connectivity index (χ4n) is 12.0. The van der Waals surface area contributed by atoms with Crippen LogP contribution < -0.4 is 4.90 Å². The summed E-state index contributed by atoms with van der Waals surface area (Å²) in [6.07, 6.45) is 14.0. The molecule has 2 heterocycles. The Hall–Kier alpha value is -8.24. The maximum absolute atomic E-state index is 6.50. The number of benzene rings is 9. The molecular weight excluding hydrogens is 867 g/mol. The van der Waals surface area contributed by atoms with E-state index in [9.17, 15) is 0 Å². The summed E-state index contributed by atoms with van der Waals surface area (Å²) < 4.78 is 9.19. The van der Waals surface area contributed by atoms with Crippen molar-refractivity contribution in [3.05, 3.63) is 293 Å². The predicted octanol–water partition coefficient (Wildman–Crippen LogP) is 18.2. The molecule has 3 heteroatoms. The Kier molecular flexibility index (Phi) is 9.60. The highest BCUT2D eigenvalue weighted by Gasteiger charge is 2.47. The highest BCUT2D eigenvalue weighted by Crippen LogP contribution is 2.58. The second-order valence-corrected chi connectivity index (χ2v) is 20.1. The molecule has 2 nitrogen and oxygen atoms in total. The quantitative estimate of drug-likeness (QED) is 0.151. The minimum absolute atomic E-state index is 0.200. The average molecular weight is 914 g/mol. The summed E-state index contributed by atoms with van der Waals surface area (Å²) in [6.45, 7) is 0. The van der Waals surface area contributed by atoms with Gasteiger partial charge in [-0.3, -0.25) is 0 Å². The van der Waals surface area contributed by atoms with Gasteiger partial charge in [0, 0.05) is 65.4 Å². The van der Waals surface area contributed by atoms with Crippen LogP contribution in [-0.4, -0.2) is 0 Å². The summed E-state index contributed by atoms with van der Waals surface area (Å²) in [5, 5.41) is 4.98. The predicted molar refractivity (Wildman–Crippen MR) is 294 cm³/mol. The first-order valence-corrected chi connectivity index (χ1v) is 25.3. The molecule has 0 N–H and O–H groups in total. The average Bonchev–Trinajstić information content (AvgIpc) is 4.10. The largest absolute Gasteiger partial charge is 0.455 e. The van der Waals surface area contributed by atoms with Gasteiger partial charge < -0.3 is 9.32 Å². The number of thiophene rings is 1. The van der Waals surface area contributed by atoms with Gasteiger partial charge in [-0.05, 0) is 118 Å². The van der Waals surface area contributed by atoms with E-state index in [0.29, 0.717) is 0 Å². The zero-order chi connectivity index (χ0) is 46.2. The molecule has 0 saturated carbocycles. The molecule has 0 aliphatic heterocycles. The van der Waals surface area contributed by atoms with Crippen molar-refractivity contribution in [2.45, 2.75) is 30.1 Å². The molecule has 3 aliphatic rings. The summed E-state index contributed by atoms with van der Waals surface area (Å²) in [7, 11) is 0. The van der Waals surface area contributed by atoms with Gasteiger partial charge in [0.25, 0.3) is 0 Å². The van der Waals surface area contributed by atoms with Crippen LogP contribution in [0.15, 0.2) is 264 Å². The van der Waals surface area contributed by atoms with Crippen molar-refractivity contribution in [3.63, 3.8) is 0 Å². The Labute approximate surface area is 412 Å². The first kappa shape index (κ1) is 40.8. The Morgan fingerprint density at radius 1 is 0.486 bits per heavy atom. The summed E-state index contributed by atoms with van der Waals surface area (Å²) in [6, 6.07) is 80.4. The normalized spacial score (nSPS) is 17.1. The van der Waals surface area contributed by atoms with Gasteiger partial charge in [0.05, 0.1) is 5.41 Å². The second kappa shape index (κ2) is 16.5. The molecule has 2 aromatic heterocycles. The molecule has 332 valence electrons. The Morgan fingerprint density at radius 3 is 1.97 bits per heavy atom. The summed E-state index contributed by atoms with van der Waals surface area (Å²) in [5.74, 6) is 0.487. The van der Waals surface area contributed by atoms with Gasteiger partial charge in [0.1, 0.15) is 11.2 Å². The third-order valence-electron chi connectivity index (χ3n) is 15.3. The first-order chi connectivity index (χ1) is 34.7. The summed E-state index contributed by atoms with van der Waals surface area (Å²) in [4.78, 5) is 2.45. The molecule has 0 saturated heterocycles. The van der Waals surface area contributed by atoms with E-state index in [1.54, 1.807) is 0 Å². The number of hydrogen-bond acceptors (Lipinski definition) is 3. The number of furan rings is 1. The van der Waals surface area contributed by atoms with Gasteiger partial charge in [-0.15, -0.1) is 11.3 Å². The van der Waals surface area contributed by atoms with E-state index in [1.165, 1.54) is 70.4 Å². The monoisotopic (exact) mass is 913 g/mol. The molecule has 3 aliphatic carbocycles. The van der Waals surface area contributed by atoms with E-state index in [0.717, 1.165) is 57.3 Å². The molecule has 0 spiro atoms. The third kappa shape index (κ3) is 6.46. The van der Waals surface area contributed by atoms with E-state index in [-0.39, 0.29) is 11.8 Å². The van der Waals surface area contributed by atoms with Gasteiger partial charge in [0.15, 0.2) is 0 Å². The van der Waals surface area contributed by atoms with Crippen LogP contribution in [0.5, 0.6) is 0 Å². The van der Waals surface area contributed by atoms with Crippen LogP contribution >= 0.6 is 11.3 Å². The SMILES string of the molecule is C1=CC(c2ccc3sc4ccccc4c3c2)CC=C1N(c1ccc(-c2cccc3c2oc2ccccc23)cc1)c1cccc(C2C=CC3=C(C2)c2ccccc2C3(c2ccccc2)c2ccccc2)c1. The number of anilines is 2. The fraction of sp³-hybridized carbons (Fsp3) is 0.0746. The molecule has 70 heavy (non-hydrogen) atoms. The Bertz CT molecular complexity index is 3920. The minimum Gasteiger partial charge on any atom is -0.455 e. The molecule has 0 bridgehead atoms. The maximum Gasteiger partial charge on any atom is 0.143 e. The molecule has 9 aromatic carbocycles. The first-order valence-electron chi connectivity index (χ1n) is 24.5. The van der Waals surface area contributed by atoms with Crippen molar-refractivity contribution in [1.29, 1.82) is 0 Å². The summed E-state index contributed by atoms with van der Waals surface area (Å²) in [5.41, 5.74) is 17.9. The zero-order valence-corrected chi connectivity index (χ0v) is 39.3.